The Morgan fingerprint density at radius 2 is 2.19 bits per heavy atom. The van der Waals surface area contributed by atoms with Crippen molar-refractivity contribution in [2.24, 2.45) is 5.73 Å². The first-order valence-electron chi connectivity index (χ1n) is 9.54. The minimum absolute atomic E-state index is 0.0137. The average molecular weight is 432 g/mol. The van der Waals surface area contributed by atoms with E-state index in [1.165, 1.54) is 24.8 Å². The first-order chi connectivity index (χ1) is 14.8. The number of imidazole rings is 1. The molecule has 1 aliphatic heterocycles. The molecule has 1 aromatic heterocycles. The van der Waals surface area contributed by atoms with E-state index in [-0.39, 0.29) is 48.1 Å². The van der Waals surface area contributed by atoms with Crippen LogP contribution in [0.4, 0.5) is 8.78 Å². The van der Waals surface area contributed by atoms with Crippen LogP contribution in [0.1, 0.15) is 39.9 Å². The van der Waals surface area contributed by atoms with Crippen LogP contribution in [0.25, 0.3) is 11.4 Å². The lowest BCUT2D eigenvalue weighted by molar-refractivity contribution is 0.0170. The Bertz CT molecular complexity index is 1090. The molecular weight excluding hydrogens is 410 g/mol. The fourth-order valence-electron chi connectivity index (χ4n) is 3.24. The molecule has 0 fully saturated rings. The number of benzene rings is 1. The Morgan fingerprint density at radius 1 is 1.45 bits per heavy atom. The van der Waals surface area contributed by atoms with Gasteiger partial charge in [-0.1, -0.05) is 18.8 Å². The topological polar surface area (TPSA) is 108 Å². The molecule has 0 bridgehead atoms. The van der Waals surface area contributed by atoms with Gasteiger partial charge in [0.25, 0.3) is 11.8 Å². The molecule has 1 atom stereocenters. The third-order valence-corrected chi connectivity index (χ3v) is 5.13. The van der Waals surface area contributed by atoms with Crippen LogP contribution in [0, 0.1) is 17.7 Å². The number of amides is 2. The number of carbonyl (C=O) groups excluding carboxylic acids is 2. The van der Waals surface area contributed by atoms with E-state index in [9.17, 15) is 18.4 Å². The lowest BCUT2D eigenvalue weighted by Gasteiger charge is -2.21. The summed E-state index contributed by atoms with van der Waals surface area (Å²) in [5, 5.41) is 2.45. The van der Waals surface area contributed by atoms with Gasteiger partial charge in [-0.2, -0.15) is 0 Å². The van der Waals surface area contributed by atoms with Gasteiger partial charge in [-0.05, 0) is 12.5 Å². The Balaban J connectivity index is 2.22. The molecule has 2 heterocycles. The van der Waals surface area contributed by atoms with Crippen molar-refractivity contribution in [3.8, 4) is 29.0 Å². The Kier molecular flexibility index (Phi) is 6.27. The largest absolute Gasteiger partial charge is 0.491 e. The monoisotopic (exact) mass is 432 g/mol. The molecule has 2 amide bonds. The molecule has 0 spiro atoms. The van der Waals surface area contributed by atoms with Crippen LogP contribution in [-0.2, 0) is 11.3 Å². The highest BCUT2D eigenvalue weighted by Crippen LogP contribution is 2.35. The molecule has 0 saturated heterocycles. The number of methoxy groups -OCH3 is 1. The van der Waals surface area contributed by atoms with Crippen LogP contribution >= 0.6 is 0 Å². The molecule has 0 aliphatic carbocycles. The number of primary amides is 1. The number of rotatable bonds is 5. The van der Waals surface area contributed by atoms with Gasteiger partial charge in [-0.3, -0.25) is 9.59 Å². The highest BCUT2D eigenvalue weighted by molar-refractivity contribution is 6.05. The molecule has 3 N–H and O–H groups in total. The maximum Gasteiger partial charge on any atom is 0.270 e. The van der Waals surface area contributed by atoms with Gasteiger partial charge < -0.3 is 25.1 Å². The predicted molar refractivity (Wildman–Crippen MR) is 108 cm³/mol. The molecule has 164 valence electrons. The first-order valence-corrected chi connectivity index (χ1v) is 9.54. The number of fused-ring (bicyclic) bond motifs is 3. The Morgan fingerprint density at radius 3 is 2.77 bits per heavy atom. The third kappa shape index (κ3) is 3.96. The minimum atomic E-state index is -1.35. The number of nitrogens with zero attached hydrogens (tertiary/aromatic N) is 2. The van der Waals surface area contributed by atoms with Gasteiger partial charge in [-0.25, -0.2) is 13.8 Å². The van der Waals surface area contributed by atoms with Crippen LogP contribution in [0.5, 0.6) is 5.75 Å². The SMILES string of the molecule is CCC(C#Cc1cc2c(cc1F)OCCn1c-2nc(C(N)=O)c1C(=O)NC)(CF)OC. The maximum absolute atomic E-state index is 14.7. The Hall–Kier alpha value is -3.45. The average Bonchev–Trinajstić information content (AvgIpc) is 3.06. The van der Waals surface area contributed by atoms with Crippen LogP contribution in [0.2, 0.25) is 0 Å². The maximum atomic E-state index is 14.7. The second-order valence-electron chi connectivity index (χ2n) is 6.84. The van der Waals surface area contributed by atoms with Crippen molar-refractivity contribution in [3.05, 3.63) is 34.9 Å². The standard InChI is InChI=1S/C21H22F2N4O4/c1-4-21(11-22,30-3)6-5-12-9-13-15(10-14(12)23)31-8-7-27-17(20(29)25-2)16(18(24)28)26-19(13)27/h9-10H,4,7-8,11H2,1-3H3,(H2,24,28)(H,25,29). The number of ether oxygens (including phenoxy) is 2. The lowest BCUT2D eigenvalue weighted by Crippen LogP contribution is -2.31. The van der Waals surface area contributed by atoms with Gasteiger partial charge in [0.1, 0.15) is 36.4 Å². The van der Waals surface area contributed by atoms with Crippen molar-refractivity contribution in [3.63, 3.8) is 0 Å². The molecule has 0 saturated carbocycles. The molecule has 0 radical (unpaired) electrons. The van der Waals surface area contributed by atoms with Gasteiger partial charge in [0.15, 0.2) is 11.3 Å². The number of halogens is 2. The lowest BCUT2D eigenvalue weighted by atomic mass is 10.0. The van der Waals surface area contributed by atoms with E-state index in [1.807, 2.05) is 0 Å². The van der Waals surface area contributed by atoms with Gasteiger partial charge >= 0.3 is 0 Å². The number of hydrogen-bond donors (Lipinski definition) is 2. The fourth-order valence-corrected chi connectivity index (χ4v) is 3.24. The second kappa shape index (κ2) is 8.73. The van der Waals surface area contributed by atoms with E-state index in [1.54, 1.807) is 6.92 Å². The summed E-state index contributed by atoms with van der Waals surface area (Å²) in [5.74, 6) is 3.57. The number of hydrogen-bond acceptors (Lipinski definition) is 5. The summed E-state index contributed by atoms with van der Waals surface area (Å²) in [6.45, 7) is 1.14. The van der Waals surface area contributed by atoms with E-state index >= 15 is 0 Å². The summed E-state index contributed by atoms with van der Waals surface area (Å²) in [6, 6.07) is 2.53. The van der Waals surface area contributed by atoms with E-state index in [0.29, 0.717) is 5.56 Å². The molecule has 8 nitrogen and oxygen atoms in total. The van der Waals surface area contributed by atoms with Crippen molar-refractivity contribution < 1.29 is 27.8 Å². The molecule has 10 heteroatoms. The predicted octanol–water partition coefficient (Wildman–Crippen LogP) is 1.66. The third-order valence-electron chi connectivity index (χ3n) is 5.13. The van der Waals surface area contributed by atoms with Crippen LogP contribution < -0.4 is 15.8 Å². The number of alkyl halides is 1. The van der Waals surface area contributed by atoms with E-state index in [0.717, 1.165) is 6.07 Å². The number of nitrogens with two attached hydrogens (primary N) is 1. The fraction of sp³-hybridized carbons (Fsp3) is 0.381. The second-order valence-corrected chi connectivity index (χ2v) is 6.84. The normalized spacial score (nSPS) is 14.1. The van der Waals surface area contributed by atoms with Crippen LogP contribution in [0.15, 0.2) is 12.1 Å². The molecule has 31 heavy (non-hydrogen) atoms. The Labute approximate surface area is 177 Å². The number of aromatic nitrogens is 2. The van der Waals surface area contributed by atoms with Gasteiger partial charge in [0.2, 0.25) is 0 Å². The van der Waals surface area contributed by atoms with Crippen molar-refractivity contribution in [1.29, 1.82) is 0 Å². The van der Waals surface area contributed by atoms with Crippen molar-refractivity contribution >= 4 is 11.8 Å². The highest BCUT2D eigenvalue weighted by Gasteiger charge is 2.30. The van der Waals surface area contributed by atoms with Crippen LogP contribution in [-0.4, -0.2) is 54.4 Å². The van der Waals surface area contributed by atoms with E-state index < -0.39 is 29.9 Å². The zero-order valence-electron chi connectivity index (χ0n) is 17.3. The minimum Gasteiger partial charge on any atom is -0.491 e. The molecule has 1 aromatic carbocycles. The molecule has 1 aliphatic rings. The highest BCUT2D eigenvalue weighted by atomic mass is 19.1. The summed E-state index contributed by atoms with van der Waals surface area (Å²) >= 11 is 0. The number of carbonyl (C=O) groups is 2. The summed E-state index contributed by atoms with van der Waals surface area (Å²) in [6.07, 6.45) is 0.268. The zero-order valence-corrected chi connectivity index (χ0v) is 17.3. The molecular formula is C21H22F2N4O4. The van der Waals surface area contributed by atoms with E-state index in [4.69, 9.17) is 15.2 Å². The first kappa shape index (κ1) is 22.2. The summed E-state index contributed by atoms with van der Waals surface area (Å²) in [7, 11) is 2.75. The molecule has 3 rings (SSSR count). The summed E-state index contributed by atoms with van der Waals surface area (Å²) in [4.78, 5) is 28.5. The van der Waals surface area contributed by atoms with Gasteiger partial charge in [0.05, 0.1) is 17.7 Å². The quantitative estimate of drug-likeness (QED) is 0.699. The van der Waals surface area contributed by atoms with Crippen LogP contribution in [0.3, 0.4) is 0 Å². The van der Waals surface area contributed by atoms with Crippen molar-refractivity contribution in [2.45, 2.75) is 25.5 Å². The van der Waals surface area contributed by atoms with Gasteiger partial charge in [0, 0.05) is 20.2 Å². The van der Waals surface area contributed by atoms with Crippen molar-refractivity contribution in [2.75, 3.05) is 27.4 Å². The molecule has 1 unspecified atom stereocenters. The number of nitrogens with one attached hydrogen (secondary N) is 1. The van der Waals surface area contributed by atoms with Crippen molar-refractivity contribution in [1.82, 2.24) is 14.9 Å². The zero-order chi connectivity index (χ0) is 22.8. The van der Waals surface area contributed by atoms with Gasteiger partial charge in [-0.15, -0.1) is 0 Å². The van der Waals surface area contributed by atoms with E-state index in [2.05, 4.69) is 22.1 Å². The summed E-state index contributed by atoms with van der Waals surface area (Å²) < 4.78 is 40.4. The summed E-state index contributed by atoms with van der Waals surface area (Å²) in [5.41, 5.74) is 4.13. The smallest absolute Gasteiger partial charge is 0.270 e. The molecule has 2 aromatic rings.